The van der Waals surface area contributed by atoms with Crippen molar-refractivity contribution in [3.05, 3.63) is 42.4 Å². The van der Waals surface area contributed by atoms with Gasteiger partial charge in [0.05, 0.1) is 22.5 Å². The lowest BCUT2D eigenvalue weighted by molar-refractivity contribution is -0.664. The van der Waals surface area contributed by atoms with E-state index < -0.39 is 21.8 Å². The van der Waals surface area contributed by atoms with Crippen LogP contribution >= 0.6 is 62.0 Å². The van der Waals surface area contributed by atoms with Crippen LogP contribution in [0.1, 0.15) is 5.01 Å². The van der Waals surface area contributed by atoms with Gasteiger partial charge in [-0.05, 0) is 18.2 Å². The molecule has 13 heteroatoms. The predicted molar refractivity (Wildman–Crippen MR) is 122 cm³/mol. The second-order valence-corrected chi connectivity index (χ2v) is 12.3. The molecule has 0 bridgehead atoms. The van der Waals surface area contributed by atoms with E-state index in [1.807, 2.05) is 29.7 Å². The summed E-state index contributed by atoms with van der Waals surface area (Å²) in [7, 11) is -4.41. The number of hydrogen-bond donors (Lipinski definition) is 1. The van der Waals surface area contributed by atoms with Crippen LogP contribution in [0.15, 0.2) is 38.0 Å². The lowest BCUT2D eigenvalue weighted by atomic mass is 10.3. The zero-order chi connectivity index (χ0) is 21.6. The van der Waals surface area contributed by atoms with E-state index >= 15 is 0 Å². The molecular weight excluding hydrogens is 556 g/mol. The van der Waals surface area contributed by atoms with Gasteiger partial charge in [-0.3, -0.25) is 4.79 Å². The highest BCUT2D eigenvalue weighted by atomic mass is 79.9. The van der Waals surface area contributed by atoms with E-state index in [1.54, 1.807) is 9.47 Å². The Labute approximate surface area is 197 Å². The van der Waals surface area contributed by atoms with Crippen LogP contribution in [0.4, 0.5) is 5.69 Å². The fourth-order valence-electron chi connectivity index (χ4n) is 3.02. The summed E-state index contributed by atoms with van der Waals surface area (Å²) in [6, 6.07) is 5.64. The summed E-state index contributed by atoms with van der Waals surface area (Å²) in [5.41, 5.74) is 1.45. The molecule has 0 amide bonds. The molecule has 0 fully saturated rings. The number of carboxylic acids is 1. The van der Waals surface area contributed by atoms with Crippen LogP contribution in [-0.4, -0.2) is 36.3 Å². The molecule has 0 unspecified atom stereocenters. The molecule has 0 aliphatic carbocycles. The molecule has 1 aliphatic rings. The number of halogens is 2. The number of thioether (sulfide) groups is 1. The number of rotatable bonds is 6. The molecule has 0 saturated carbocycles. The number of fused-ring (bicyclic) bond motifs is 2. The normalized spacial score (nSPS) is 15.3. The first-order valence-electron chi connectivity index (χ1n) is 8.34. The second kappa shape index (κ2) is 8.41. The third-order valence-corrected chi connectivity index (χ3v) is 8.95. The Kier molecular flexibility index (Phi) is 6.19. The lowest BCUT2D eigenvalue weighted by Gasteiger charge is -2.17. The van der Waals surface area contributed by atoms with Gasteiger partial charge in [-0.15, -0.1) is 11.3 Å². The molecule has 3 aromatic rings. The van der Waals surface area contributed by atoms with Crippen LogP contribution in [0.25, 0.3) is 16.3 Å². The Morgan fingerprint density at radius 1 is 1.40 bits per heavy atom. The minimum Gasteiger partial charge on any atom is -0.748 e. The number of thiophene rings is 1. The number of carboxylic acid groups (broad SMARTS) is 1. The number of aromatic nitrogens is 1. The summed E-state index contributed by atoms with van der Waals surface area (Å²) >= 11 is 13.9. The third kappa shape index (κ3) is 4.54. The van der Waals surface area contributed by atoms with Crippen LogP contribution in [-0.2, 0) is 21.5 Å². The van der Waals surface area contributed by atoms with Gasteiger partial charge in [-0.25, -0.2) is 8.42 Å². The molecule has 1 aliphatic heterocycles. The number of thiazole rings is 1. The number of nitrogens with zero attached hydrogens (tertiary/aromatic N) is 2. The molecule has 1 N–H and O–H groups in total. The van der Waals surface area contributed by atoms with E-state index in [0.29, 0.717) is 19.9 Å². The molecule has 30 heavy (non-hydrogen) atoms. The van der Waals surface area contributed by atoms with Crippen LogP contribution < -0.4 is 9.47 Å². The van der Waals surface area contributed by atoms with Gasteiger partial charge < -0.3 is 14.6 Å². The molecule has 2 aromatic heterocycles. The van der Waals surface area contributed by atoms with Gasteiger partial charge in [0.15, 0.2) is 10.9 Å². The van der Waals surface area contributed by atoms with Crippen molar-refractivity contribution in [1.82, 2.24) is 0 Å². The average molecular weight is 568 g/mol. The fraction of sp³-hybridized carbons (Fsp3) is 0.176. The van der Waals surface area contributed by atoms with Crippen molar-refractivity contribution in [3.8, 4) is 0 Å². The zero-order valence-electron chi connectivity index (χ0n) is 14.9. The highest BCUT2D eigenvalue weighted by molar-refractivity contribution is 9.10. The van der Waals surface area contributed by atoms with Crippen molar-refractivity contribution in [2.45, 2.75) is 11.4 Å². The SMILES string of the molecule is O=C(O)CN1C(=Cc2sc3csc(Cl)c3[n+]2CCS(=O)(=O)[O-])Sc2ccc(Br)cc21. The number of anilines is 1. The van der Waals surface area contributed by atoms with Gasteiger partial charge in [-0.1, -0.05) is 50.6 Å². The smallest absolute Gasteiger partial charge is 0.323 e. The Bertz CT molecular complexity index is 1300. The average Bonchev–Trinajstić information content (AvgIpc) is 3.27. The van der Waals surface area contributed by atoms with Gasteiger partial charge in [0, 0.05) is 14.7 Å². The topological polar surface area (TPSA) is 102 Å². The van der Waals surface area contributed by atoms with Gasteiger partial charge in [-0.2, -0.15) is 4.57 Å². The summed E-state index contributed by atoms with van der Waals surface area (Å²) in [6.07, 6.45) is 1.81. The highest BCUT2D eigenvalue weighted by Gasteiger charge is 2.30. The van der Waals surface area contributed by atoms with Gasteiger partial charge in [0.1, 0.15) is 21.4 Å². The number of aryl methyl sites for hydroxylation is 1. The molecule has 158 valence electrons. The Morgan fingerprint density at radius 2 is 2.17 bits per heavy atom. The maximum Gasteiger partial charge on any atom is 0.323 e. The van der Waals surface area contributed by atoms with Crippen LogP contribution in [0, 0.1) is 0 Å². The Hall–Kier alpha value is -1.15. The molecule has 1 aromatic carbocycles. The lowest BCUT2D eigenvalue weighted by Crippen LogP contribution is -2.38. The summed E-state index contributed by atoms with van der Waals surface area (Å²) in [6.45, 7) is -0.263. The molecule has 7 nitrogen and oxygen atoms in total. The van der Waals surface area contributed by atoms with Crippen molar-refractivity contribution in [2.24, 2.45) is 0 Å². The highest BCUT2D eigenvalue weighted by Crippen LogP contribution is 2.48. The summed E-state index contributed by atoms with van der Waals surface area (Å²) in [5.74, 6) is -1.54. The molecule has 0 atom stereocenters. The van der Waals surface area contributed by atoms with Crippen molar-refractivity contribution >= 4 is 100 Å². The maximum atomic E-state index is 11.5. The van der Waals surface area contributed by atoms with E-state index in [1.165, 1.54) is 34.4 Å². The Morgan fingerprint density at radius 3 is 2.87 bits per heavy atom. The monoisotopic (exact) mass is 566 g/mol. The number of benzene rings is 1. The number of hydrogen-bond acceptors (Lipinski definition) is 8. The third-order valence-electron chi connectivity index (χ3n) is 4.24. The van der Waals surface area contributed by atoms with Crippen molar-refractivity contribution in [3.63, 3.8) is 0 Å². The van der Waals surface area contributed by atoms with Crippen LogP contribution in [0.5, 0.6) is 0 Å². The molecule has 0 saturated heterocycles. The Balaban J connectivity index is 1.81. The summed E-state index contributed by atoms with van der Waals surface area (Å²) < 4.78 is 37.5. The quantitative estimate of drug-likeness (QED) is 0.352. The standard InChI is InChI=1S/C17H12BrClN2O5S4/c18-9-1-2-11-10(5-9)21(7-15(22)23)14(28-11)6-13-20(3-4-30(24,25)26)16-12(29-13)8-27-17(16)19/h1-2,5-6,8H,3-4,7H2,(H-,22,23,24,25,26). The first-order chi connectivity index (χ1) is 14.1. The predicted octanol–water partition coefficient (Wildman–Crippen LogP) is 4.21. The van der Waals surface area contributed by atoms with Gasteiger partial charge >= 0.3 is 5.97 Å². The minimum atomic E-state index is -4.41. The largest absolute Gasteiger partial charge is 0.748 e. The summed E-state index contributed by atoms with van der Waals surface area (Å²) in [5, 5.41) is 12.6. The summed E-state index contributed by atoms with van der Waals surface area (Å²) in [4.78, 5) is 14.1. The van der Waals surface area contributed by atoms with Gasteiger partial charge in [0.25, 0.3) is 10.5 Å². The van der Waals surface area contributed by atoms with Crippen LogP contribution in [0.2, 0.25) is 4.34 Å². The fourth-order valence-corrected chi connectivity index (χ4v) is 7.38. The van der Waals surface area contributed by atoms with E-state index in [4.69, 9.17) is 11.6 Å². The van der Waals surface area contributed by atoms with Crippen molar-refractivity contribution in [2.75, 3.05) is 17.2 Å². The molecule has 0 radical (unpaired) electrons. The van der Waals surface area contributed by atoms with E-state index in [2.05, 4.69) is 15.9 Å². The maximum absolute atomic E-state index is 11.5. The minimum absolute atomic E-state index is 0.0382. The first-order valence-corrected chi connectivity index (χ1v) is 13.6. The van der Waals surface area contributed by atoms with E-state index in [0.717, 1.165) is 19.8 Å². The van der Waals surface area contributed by atoms with E-state index in [9.17, 15) is 22.9 Å². The number of carbonyl (C=O) groups is 1. The molecule has 3 heterocycles. The first kappa shape index (κ1) is 22.1. The second-order valence-electron chi connectivity index (χ2n) is 6.25. The van der Waals surface area contributed by atoms with Gasteiger partial charge in [0.2, 0.25) is 0 Å². The number of aliphatic carboxylic acids is 1. The van der Waals surface area contributed by atoms with Crippen molar-refractivity contribution < 1.29 is 27.4 Å². The molecule has 0 spiro atoms. The zero-order valence-corrected chi connectivity index (χ0v) is 20.5. The van der Waals surface area contributed by atoms with E-state index in [-0.39, 0.29) is 13.1 Å². The van der Waals surface area contributed by atoms with Crippen LogP contribution in [0.3, 0.4) is 0 Å². The van der Waals surface area contributed by atoms with Crippen molar-refractivity contribution in [1.29, 1.82) is 0 Å². The molecular formula is C17H12BrClN2O5S4. The molecule has 4 rings (SSSR count).